The molecule has 1 aromatic rings. The monoisotopic (exact) mass is 328 g/mol. The van der Waals surface area contributed by atoms with E-state index in [1.165, 1.54) is 0 Å². The zero-order valence-electron chi connectivity index (χ0n) is 13.9. The van der Waals surface area contributed by atoms with Crippen LogP contribution in [-0.4, -0.2) is 52.4 Å². The van der Waals surface area contributed by atoms with Gasteiger partial charge in [0.15, 0.2) is 0 Å². The SMILES string of the molecule is O=C(NC1CC1)N1CCC[C@]2(CCN(Cc3ccncc3)C2=O)C1. The summed E-state index contributed by atoms with van der Waals surface area (Å²) in [6.07, 6.45) is 8.35. The van der Waals surface area contributed by atoms with Crippen molar-refractivity contribution in [3.63, 3.8) is 0 Å². The molecular formula is C18H24N4O2. The molecule has 1 aromatic heterocycles. The third-order valence-corrected chi connectivity index (χ3v) is 5.49. The lowest BCUT2D eigenvalue weighted by Gasteiger charge is -2.39. The Hall–Kier alpha value is -2.11. The van der Waals surface area contributed by atoms with Gasteiger partial charge in [0.2, 0.25) is 5.91 Å². The quantitative estimate of drug-likeness (QED) is 0.919. The molecule has 0 bridgehead atoms. The molecule has 128 valence electrons. The summed E-state index contributed by atoms with van der Waals surface area (Å²) in [4.78, 5) is 33.2. The maximum atomic E-state index is 13.0. The lowest BCUT2D eigenvalue weighted by atomic mass is 9.78. The van der Waals surface area contributed by atoms with E-state index in [2.05, 4.69) is 10.3 Å². The third-order valence-electron chi connectivity index (χ3n) is 5.49. The molecule has 24 heavy (non-hydrogen) atoms. The highest BCUT2D eigenvalue weighted by molar-refractivity contribution is 5.86. The number of likely N-dealkylation sites (tertiary alicyclic amines) is 2. The molecule has 1 spiro atoms. The van der Waals surface area contributed by atoms with Gasteiger partial charge in [-0.25, -0.2) is 4.79 Å². The van der Waals surface area contributed by atoms with E-state index in [-0.39, 0.29) is 17.4 Å². The van der Waals surface area contributed by atoms with Crippen LogP contribution in [0.3, 0.4) is 0 Å². The van der Waals surface area contributed by atoms with Gasteiger partial charge in [0.25, 0.3) is 0 Å². The number of hydrogen-bond donors (Lipinski definition) is 1. The van der Waals surface area contributed by atoms with Crippen LogP contribution in [0.5, 0.6) is 0 Å². The minimum absolute atomic E-state index is 0.0111. The van der Waals surface area contributed by atoms with Gasteiger partial charge in [-0.3, -0.25) is 9.78 Å². The molecule has 1 aliphatic carbocycles. The largest absolute Gasteiger partial charge is 0.338 e. The van der Waals surface area contributed by atoms with Crippen molar-refractivity contribution in [2.24, 2.45) is 5.41 Å². The molecule has 4 rings (SSSR count). The number of nitrogens with zero attached hydrogens (tertiary/aromatic N) is 3. The second kappa shape index (κ2) is 6.07. The van der Waals surface area contributed by atoms with Crippen molar-refractivity contribution in [2.45, 2.75) is 44.7 Å². The Morgan fingerprint density at radius 3 is 2.79 bits per heavy atom. The topological polar surface area (TPSA) is 65.5 Å². The van der Waals surface area contributed by atoms with Gasteiger partial charge in [0.1, 0.15) is 0 Å². The van der Waals surface area contributed by atoms with Crippen LogP contribution in [0, 0.1) is 5.41 Å². The Kier molecular flexibility index (Phi) is 3.90. The maximum absolute atomic E-state index is 13.0. The number of carbonyl (C=O) groups excluding carboxylic acids is 2. The van der Waals surface area contributed by atoms with E-state index in [9.17, 15) is 9.59 Å². The highest BCUT2D eigenvalue weighted by Crippen LogP contribution is 2.40. The molecule has 6 nitrogen and oxygen atoms in total. The van der Waals surface area contributed by atoms with Gasteiger partial charge in [0.05, 0.1) is 5.41 Å². The highest BCUT2D eigenvalue weighted by atomic mass is 16.2. The molecule has 3 amide bonds. The lowest BCUT2D eigenvalue weighted by molar-refractivity contribution is -0.138. The van der Waals surface area contributed by atoms with Crippen LogP contribution in [0.2, 0.25) is 0 Å². The average Bonchev–Trinajstić information content (AvgIpc) is 3.38. The van der Waals surface area contributed by atoms with Crippen molar-refractivity contribution in [3.8, 4) is 0 Å². The van der Waals surface area contributed by atoms with Gasteiger partial charge in [-0.05, 0) is 49.8 Å². The van der Waals surface area contributed by atoms with E-state index in [1.54, 1.807) is 12.4 Å². The second-order valence-electron chi connectivity index (χ2n) is 7.36. The van der Waals surface area contributed by atoms with Crippen LogP contribution < -0.4 is 5.32 Å². The van der Waals surface area contributed by atoms with E-state index in [4.69, 9.17) is 0 Å². The van der Waals surface area contributed by atoms with Crippen molar-refractivity contribution < 1.29 is 9.59 Å². The predicted molar refractivity (Wildman–Crippen MR) is 89.1 cm³/mol. The van der Waals surface area contributed by atoms with E-state index < -0.39 is 0 Å². The fourth-order valence-corrected chi connectivity index (χ4v) is 3.93. The van der Waals surface area contributed by atoms with Gasteiger partial charge in [-0.1, -0.05) is 0 Å². The zero-order chi connectivity index (χ0) is 16.6. The molecule has 3 fully saturated rings. The first-order valence-electron chi connectivity index (χ1n) is 8.90. The average molecular weight is 328 g/mol. The number of piperidine rings is 1. The summed E-state index contributed by atoms with van der Waals surface area (Å²) in [7, 11) is 0. The Bertz CT molecular complexity index is 631. The fraction of sp³-hybridized carbons (Fsp3) is 0.611. The molecule has 3 heterocycles. The van der Waals surface area contributed by atoms with E-state index in [0.717, 1.165) is 50.8 Å². The van der Waals surface area contributed by atoms with Crippen molar-refractivity contribution in [1.29, 1.82) is 0 Å². The Morgan fingerprint density at radius 1 is 1.25 bits per heavy atom. The summed E-state index contributed by atoms with van der Waals surface area (Å²) in [6, 6.07) is 4.28. The molecule has 6 heteroatoms. The number of carbonyl (C=O) groups is 2. The van der Waals surface area contributed by atoms with Crippen LogP contribution in [0.15, 0.2) is 24.5 Å². The van der Waals surface area contributed by atoms with Crippen LogP contribution in [-0.2, 0) is 11.3 Å². The molecule has 0 aromatic carbocycles. The zero-order valence-corrected chi connectivity index (χ0v) is 13.9. The Balaban J connectivity index is 1.42. The van der Waals surface area contributed by atoms with E-state index in [0.29, 0.717) is 19.1 Å². The summed E-state index contributed by atoms with van der Waals surface area (Å²) in [5.41, 5.74) is 0.737. The van der Waals surface area contributed by atoms with Gasteiger partial charge < -0.3 is 15.1 Å². The first-order valence-corrected chi connectivity index (χ1v) is 8.90. The summed E-state index contributed by atoms with van der Waals surface area (Å²) in [5.74, 6) is 0.211. The number of pyridine rings is 1. The normalized spacial score (nSPS) is 26.9. The number of urea groups is 1. The minimum atomic E-state index is -0.369. The van der Waals surface area contributed by atoms with Gasteiger partial charge in [-0.2, -0.15) is 0 Å². The molecule has 1 N–H and O–H groups in total. The summed E-state index contributed by atoms with van der Waals surface area (Å²) in [5, 5.41) is 3.05. The molecule has 3 aliphatic rings. The van der Waals surface area contributed by atoms with Crippen molar-refractivity contribution in [1.82, 2.24) is 20.1 Å². The number of amides is 3. The van der Waals surface area contributed by atoms with Gasteiger partial charge in [0, 0.05) is 44.6 Å². The highest BCUT2D eigenvalue weighted by Gasteiger charge is 2.49. The third kappa shape index (κ3) is 2.97. The number of aromatic nitrogens is 1. The number of nitrogens with one attached hydrogen (secondary N) is 1. The van der Waals surface area contributed by atoms with Crippen LogP contribution in [0.25, 0.3) is 0 Å². The maximum Gasteiger partial charge on any atom is 0.317 e. The second-order valence-corrected chi connectivity index (χ2v) is 7.36. The molecule has 2 aliphatic heterocycles. The van der Waals surface area contributed by atoms with E-state index in [1.807, 2.05) is 21.9 Å². The van der Waals surface area contributed by atoms with Crippen molar-refractivity contribution in [3.05, 3.63) is 30.1 Å². The van der Waals surface area contributed by atoms with Crippen molar-refractivity contribution in [2.75, 3.05) is 19.6 Å². The Labute approximate surface area is 142 Å². The van der Waals surface area contributed by atoms with E-state index >= 15 is 0 Å². The predicted octanol–water partition coefficient (Wildman–Crippen LogP) is 1.77. The fourth-order valence-electron chi connectivity index (χ4n) is 3.93. The van der Waals surface area contributed by atoms with Crippen molar-refractivity contribution >= 4 is 11.9 Å². The molecule has 1 saturated carbocycles. The van der Waals surface area contributed by atoms with Crippen LogP contribution in [0.4, 0.5) is 4.79 Å². The first-order chi connectivity index (χ1) is 11.7. The number of hydrogen-bond acceptors (Lipinski definition) is 3. The molecule has 2 saturated heterocycles. The van der Waals surface area contributed by atoms with Crippen LogP contribution in [0.1, 0.15) is 37.7 Å². The van der Waals surface area contributed by atoms with Gasteiger partial charge >= 0.3 is 6.03 Å². The number of rotatable bonds is 3. The lowest BCUT2D eigenvalue weighted by Crippen LogP contribution is -2.52. The summed E-state index contributed by atoms with van der Waals surface area (Å²) in [6.45, 7) is 2.74. The Morgan fingerprint density at radius 2 is 2.04 bits per heavy atom. The summed E-state index contributed by atoms with van der Waals surface area (Å²) >= 11 is 0. The smallest absolute Gasteiger partial charge is 0.317 e. The standard InChI is InChI=1S/C18H24N4O2/c23-16-18(7-11-21(16)12-14-4-8-19-9-5-14)6-1-10-22(13-18)17(24)20-15-2-3-15/h4-5,8-9,15H,1-3,6-7,10-13H2,(H,20,24)/t18-/m0/s1. The molecule has 0 unspecified atom stereocenters. The molecular weight excluding hydrogens is 304 g/mol. The van der Waals surface area contributed by atoms with Gasteiger partial charge in [-0.15, -0.1) is 0 Å². The minimum Gasteiger partial charge on any atom is -0.338 e. The molecule has 1 atom stereocenters. The molecule has 0 radical (unpaired) electrons. The summed E-state index contributed by atoms with van der Waals surface area (Å²) < 4.78 is 0. The first kappa shape index (κ1) is 15.4. The van der Waals surface area contributed by atoms with Crippen LogP contribution >= 0.6 is 0 Å².